The van der Waals surface area contributed by atoms with Gasteiger partial charge in [0.25, 0.3) is 0 Å². The summed E-state index contributed by atoms with van der Waals surface area (Å²) in [4.78, 5) is 36.9. The second kappa shape index (κ2) is 8.15. The van der Waals surface area contributed by atoms with Gasteiger partial charge in [-0.15, -0.1) is 0 Å². The van der Waals surface area contributed by atoms with Gasteiger partial charge >= 0.3 is 0 Å². The topological polar surface area (TPSA) is 66.5 Å². The molecule has 0 aromatic carbocycles. The van der Waals surface area contributed by atoms with Crippen molar-refractivity contribution in [3.8, 4) is 0 Å². The molecule has 3 amide bonds. The molecule has 0 radical (unpaired) electrons. The predicted molar refractivity (Wildman–Crippen MR) is 81.4 cm³/mol. The van der Waals surface area contributed by atoms with Gasteiger partial charge in [0.1, 0.15) is 0 Å². The van der Waals surface area contributed by atoms with Gasteiger partial charge in [-0.05, 0) is 18.3 Å². The average Bonchev–Trinajstić information content (AvgIpc) is 2.71. The molecule has 1 saturated heterocycles. The lowest BCUT2D eigenvalue weighted by atomic mass is 9.94. The number of carbonyl (C=O) groups is 3. The van der Waals surface area contributed by atoms with Crippen molar-refractivity contribution >= 4 is 17.7 Å². The van der Waals surface area contributed by atoms with Crippen LogP contribution in [0.4, 0.5) is 0 Å². The van der Waals surface area contributed by atoms with E-state index in [1.807, 2.05) is 13.8 Å². The van der Waals surface area contributed by atoms with E-state index in [4.69, 9.17) is 0 Å². The quantitative estimate of drug-likeness (QED) is 0.696. The first-order chi connectivity index (χ1) is 9.86. The third-order valence-electron chi connectivity index (χ3n) is 4.30. The van der Waals surface area contributed by atoms with Crippen LogP contribution in [0, 0.1) is 17.8 Å². The highest BCUT2D eigenvalue weighted by Gasteiger charge is 2.39. The minimum atomic E-state index is -0.217. The van der Waals surface area contributed by atoms with E-state index in [-0.39, 0.29) is 48.9 Å². The summed E-state index contributed by atoms with van der Waals surface area (Å²) in [5.41, 5.74) is 0. The Morgan fingerprint density at radius 2 is 2.00 bits per heavy atom. The minimum Gasteiger partial charge on any atom is -0.356 e. The first kappa shape index (κ1) is 17.7. The van der Waals surface area contributed by atoms with Gasteiger partial charge in [-0.2, -0.15) is 0 Å². The zero-order valence-electron chi connectivity index (χ0n) is 13.6. The first-order valence-electron chi connectivity index (χ1n) is 7.97. The van der Waals surface area contributed by atoms with Crippen molar-refractivity contribution in [1.29, 1.82) is 0 Å². The smallest absolute Gasteiger partial charge is 0.233 e. The Kier molecular flexibility index (Phi) is 6.85. The molecule has 0 aliphatic carbocycles. The molecule has 0 spiro atoms. The fraction of sp³-hybridized carbons (Fsp3) is 0.812. The van der Waals surface area contributed by atoms with Gasteiger partial charge in [-0.1, -0.05) is 34.1 Å². The van der Waals surface area contributed by atoms with Crippen LogP contribution in [-0.2, 0) is 14.4 Å². The molecule has 21 heavy (non-hydrogen) atoms. The SMILES string of the molecule is CCC(C)CCNC(=O)CCN1C(=O)CC(C(C)C)C1=O. The first-order valence-corrected chi connectivity index (χ1v) is 7.97. The molecule has 0 saturated carbocycles. The van der Waals surface area contributed by atoms with Crippen molar-refractivity contribution in [1.82, 2.24) is 10.2 Å². The fourth-order valence-corrected chi connectivity index (χ4v) is 2.43. The Morgan fingerprint density at radius 3 is 2.52 bits per heavy atom. The zero-order chi connectivity index (χ0) is 16.0. The summed E-state index contributed by atoms with van der Waals surface area (Å²) in [7, 11) is 0. The summed E-state index contributed by atoms with van der Waals surface area (Å²) in [6.45, 7) is 9.03. The lowest BCUT2D eigenvalue weighted by Crippen LogP contribution is -2.36. The van der Waals surface area contributed by atoms with E-state index in [1.165, 1.54) is 4.90 Å². The van der Waals surface area contributed by atoms with Gasteiger partial charge < -0.3 is 5.32 Å². The molecule has 1 rings (SSSR count). The number of nitrogens with one attached hydrogen (secondary N) is 1. The minimum absolute atomic E-state index is 0.0908. The Balaban J connectivity index is 2.33. The van der Waals surface area contributed by atoms with E-state index in [9.17, 15) is 14.4 Å². The molecular weight excluding hydrogens is 268 g/mol. The molecule has 1 N–H and O–H groups in total. The molecule has 0 bridgehead atoms. The maximum absolute atomic E-state index is 12.1. The molecule has 1 fully saturated rings. The van der Waals surface area contributed by atoms with E-state index in [0.717, 1.165) is 12.8 Å². The van der Waals surface area contributed by atoms with Gasteiger partial charge in [-0.3, -0.25) is 19.3 Å². The second-order valence-electron chi connectivity index (χ2n) is 6.34. The van der Waals surface area contributed by atoms with Crippen molar-refractivity contribution in [2.75, 3.05) is 13.1 Å². The second-order valence-corrected chi connectivity index (χ2v) is 6.34. The summed E-state index contributed by atoms with van der Waals surface area (Å²) in [5.74, 6) is 0.182. The molecule has 0 aromatic heterocycles. The zero-order valence-corrected chi connectivity index (χ0v) is 13.6. The van der Waals surface area contributed by atoms with Crippen molar-refractivity contribution in [2.24, 2.45) is 17.8 Å². The molecule has 1 heterocycles. The molecule has 0 aromatic rings. The number of hydrogen-bond donors (Lipinski definition) is 1. The molecule has 1 aliphatic heterocycles. The van der Waals surface area contributed by atoms with Crippen LogP contribution in [0.3, 0.4) is 0 Å². The Bertz CT molecular complexity index is 393. The average molecular weight is 296 g/mol. The maximum atomic E-state index is 12.1. The number of nitrogens with zero attached hydrogens (tertiary/aromatic N) is 1. The van der Waals surface area contributed by atoms with Gasteiger partial charge in [0.05, 0.1) is 0 Å². The summed E-state index contributed by atoms with van der Waals surface area (Å²) >= 11 is 0. The lowest BCUT2D eigenvalue weighted by Gasteiger charge is -2.16. The third kappa shape index (κ3) is 5.14. The molecular formula is C16H28N2O3. The van der Waals surface area contributed by atoms with Crippen LogP contribution in [-0.4, -0.2) is 35.7 Å². The van der Waals surface area contributed by atoms with Crippen LogP contribution in [0.1, 0.15) is 53.4 Å². The van der Waals surface area contributed by atoms with E-state index in [2.05, 4.69) is 19.2 Å². The van der Waals surface area contributed by atoms with Gasteiger partial charge in [0, 0.05) is 31.8 Å². The van der Waals surface area contributed by atoms with Gasteiger partial charge in [0.15, 0.2) is 0 Å². The molecule has 5 nitrogen and oxygen atoms in total. The highest BCUT2D eigenvalue weighted by molar-refractivity contribution is 6.03. The summed E-state index contributed by atoms with van der Waals surface area (Å²) in [6.07, 6.45) is 2.54. The van der Waals surface area contributed by atoms with Crippen LogP contribution >= 0.6 is 0 Å². The third-order valence-corrected chi connectivity index (χ3v) is 4.30. The number of likely N-dealkylation sites (tertiary alicyclic amines) is 1. The Hall–Kier alpha value is -1.39. The van der Waals surface area contributed by atoms with Crippen LogP contribution in [0.25, 0.3) is 0 Å². The van der Waals surface area contributed by atoms with Crippen molar-refractivity contribution in [2.45, 2.75) is 53.4 Å². The highest BCUT2D eigenvalue weighted by atomic mass is 16.2. The van der Waals surface area contributed by atoms with Crippen LogP contribution in [0.15, 0.2) is 0 Å². The molecule has 2 unspecified atom stereocenters. The maximum Gasteiger partial charge on any atom is 0.233 e. The summed E-state index contributed by atoms with van der Waals surface area (Å²) in [6, 6.07) is 0. The number of imide groups is 1. The Labute approximate surface area is 127 Å². The normalized spacial score (nSPS) is 20.2. The van der Waals surface area contributed by atoms with E-state index < -0.39 is 0 Å². The van der Waals surface area contributed by atoms with Crippen molar-refractivity contribution in [3.05, 3.63) is 0 Å². The molecule has 2 atom stereocenters. The van der Waals surface area contributed by atoms with Gasteiger partial charge in [-0.25, -0.2) is 0 Å². The largest absolute Gasteiger partial charge is 0.356 e. The van der Waals surface area contributed by atoms with Crippen LogP contribution < -0.4 is 5.32 Å². The summed E-state index contributed by atoms with van der Waals surface area (Å²) in [5, 5.41) is 2.85. The van der Waals surface area contributed by atoms with Crippen LogP contribution in [0.5, 0.6) is 0 Å². The highest BCUT2D eigenvalue weighted by Crippen LogP contribution is 2.26. The number of hydrogen-bond acceptors (Lipinski definition) is 3. The van der Waals surface area contributed by atoms with E-state index in [1.54, 1.807) is 0 Å². The van der Waals surface area contributed by atoms with E-state index >= 15 is 0 Å². The van der Waals surface area contributed by atoms with Crippen molar-refractivity contribution in [3.63, 3.8) is 0 Å². The fourth-order valence-electron chi connectivity index (χ4n) is 2.43. The molecule has 5 heteroatoms. The predicted octanol–water partition coefficient (Wildman–Crippen LogP) is 1.96. The number of amides is 3. The number of carbonyl (C=O) groups excluding carboxylic acids is 3. The monoisotopic (exact) mass is 296 g/mol. The summed E-state index contributed by atoms with van der Waals surface area (Å²) < 4.78 is 0. The molecule has 120 valence electrons. The number of rotatable bonds is 8. The Morgan fingerprint density at radius 1 is 1.33 bits per heavy atom. The standard InChI is InChI=1S/C16H28N2O3/c1-5-12(4)6-8-17-14(19)7-9-18-15(20)10-13(11(2)3)16(18)21/h11-13H,5-10H2,1-4H3,(H,17,19). The van der Waals surface area contributed by atoms with Crippen molar-refractivity contribution < 1.29 is 14.4 Å². The van der Waals surface area contributed by atoms with Crippen LogP contribution in [0.2, 0.25) is 0 Å². The van der Waals surface area contributed by atoms with Gasteiger partial charge in [0.2, 0.25) is 17.7 Å². The van der Waals surface area contributed by atoms with E-state index in [0.29, 0.717) is 12.5 Å². The molecule has 1 aliphatic rings. The lowest BCUT2D eigenvalue weighted by molar-refractivity contribution is -0.140.